The van der Waals surface area contributed by atoms with E-state index in [2.05, 4.69) is 27.7 Å². The molecule has 0 radical (unpaired) electrons. The third kappa shape index (κ3) is 56.0. The van der Waals surface area contributed by atoms with Crippen LogP contribution in [0.4, 0.5) is 0 Å². The van der Waals surface area contributed by atoms with Crippen molar-refractivity contribution in [3.63, 3.8) is 0 Å². The highest BCUT2D eigenvalue weighted by atomic mass is 14.0. The lowest BCUT2D eigenvalue weighted by atomic mass is 10.0. The summed E-state index contributed by atoms with van der Waals surface area (Å²) in [5.74, 6) is 1.78. The largest absolute Gasteiger partial charge is 0.0776 e. The molecule has 0 aliphatic carbocycles. The van der Waals surface area contributed by atoms with E-state index < -0.39 is 0 Å². The lowest BCUT2D eigenvalue weighted by molar-refractivity contribution is 0.480. The summed E-state index contributed by atoms with van der Waals surface area (Å²) < 4.78 is 0. The molecule has 0 N–H and O–H groups in total. The van der Waals surface area contributed by atoms with Crippen molar-refractivity contribution < 1.29 is 0 Å². The summed E-state index contributed by atoms with van der Waals surface area (Å²) in [4.78, 5) is 0. The Morgan fingerprint density at radius 3 is 0.867 bits per heavy atom. The molecule has 104 valence electrons. The summed E-state index contributed by atoms with van der Waals surface area (Å²) in [5, 5.41) is 0. The van der Waals surface area contributed by atoms with Gasteiger partial charge in [-0.3, -0.25) is 0 Å². The molecule has 0 amide bonds. The first-order valence-electron chi connectivity index (χ1n) is 4.13. The monoisotopic (exact) mass is 224 g/mol. The molecular formula is C15H44. The maximum Gasteiger partial charge on any atom is -0.0471 e. The first kappa shape index (κ1) is 45.9. The van der Waals surface area contributed by atoms with E-state index in [1.165, 1.54) is 19.3 Å². The summed E-state index contributed by atoms with van der Waals surface area (Å²) in [6.45, 7) is 9.17. The number of hydrogen-bond acceptors (Lipinski definition) is 0. The molecule has 0 heterocycles. The van der Waals surface area contributed by atoms with Crippen LogP contribution in [0.3, 0.4) is 0 Å². The molecule has 0 saturated heterocycles. The Kier molecular flexibility index (Phi) is 89.5. The predicted molar refractivity (Wildman–Crippen MR) is 83.9 cm³/mol. The second-order valence-corrected chi connectivity index (χ2v) is 3.72. The van der Waals surface area contributed by atoms with E-state index >= 15 is 0 Å². The highest BCUT2D eigenvalue weighted by Gasteiger charge is 1.95. The Bertz CT molecular complexity index is 45.1. The van der Waals surface area contributed by atoms with Crippen molar-refractivity contribution in [1.29, 1.82) is 0 Å². The van der Waals surface area contributed by atoms with E-state index in [0.717, 1.165) is 11.8 Å². The van der Waals surface area contributed by atoms with Gasteiger partial charge in [-0.15, -0.1) is 0 Å². The molecule has 0 aromatic rings. The summed E-state index contributed by atoms with van der Waals surface area (Å²) >= 11 is 0. The van der Waals surface area contributed by atoms with Crippen LogP contribution in [0.15, 0.2) is 0 Å². The Morgan fingerprint density at radius 2 is 0.733 bits per heavy atom. The van der Waals surface area contributed by atoms with Crippen LogP contribution in [0.1, 0.15) is 91.5 Å². The minimum Gasteiger partial charge on any atom is -0.0776 e. The fourth-order valence-corrected chi connectivity index (χ4v) is 0.934. The summed E-state index contributed by atoms with van der Waals surface area (Å²) in [5.41, 5.74) is 0. The van der Waals surface area contributed by atoms with Crippen molar-refractivity contribution in [2.75, 3.05) is 0 Å². The van der Waals surface area contributed by atoms with Crippen molar-refractivity contribution in [2.24, 2.45) is 11.8 Å². The highest BCUT2D eigenvalue weighted by molar-refractivity contribution is 4.49. The summed E-state index contributed by atoms with van der Waals surface area (Å²) in [6, 6.07) is 0. The molecule has 0 aliphatic rings. The molecule has 0 fully saturated rings. The van der Waals surface area contributed by atoms with Gasteiger partial charge >= 0.3 is 0 Å². The average molecular weight is 225 g/mol. The molecule has 0 rings (SSSR count). The fourth-order valence-electron chi connectivity index (χ4n) is 0.934. The third-order valence-corrected chi connectivity index (χ3v) is 1.56. The molecule has 0 aliphatic heterocycles. The molecule has 15 heavy (non-hydrogen) atoms. The molecule has 0 saturated carbocycles. The fraction of sp³-hybridized carbons (Fsp3) is 1.00. The molecule has 0 heteroatoms. The SMILES string of the molecule is C.C.C.C.C.C.CC(C)CCCC(C)C. The Labute approximate surface area is 104 Å². The molecule has 0 atom stereocenters. The van der Waals surface area contributed by atoms with Crippen molar-refractivity contribution in [2.45, 2.75) is 91.5 Å². The quantitative estimate of drug-likeness (QED) is 0.470. The molecule has 0 aromatic heterocycles. The van der Waals surface area contributed by atoms with Gasteiger partial charge in [-0.1, -0.05) is 91.5 Å². The summed E-state index contributed by atoms with van der Waals surface area (Å²) in [7, 11) is 0. The van der Waals surface area contributed by atoms with Gasteiger partial charge in [0.2, 0.25) is 0 Å². The van der Waals surface area contributed by atoms with Gasteiger partial charge in [0.05, 0.1) is 0 Å². The lowest BCUT2D eigenvalue weighted by Crippen LogP contribution is -1.90. The van der Waals surface area contributed by atoms with Gasteiger partial charge in [0.25, 0.3) is 0 Å². The molecule has 0 aromatic carbocycles. The predicted octanol–water partition coefficient (Wildman–Crippen LogP) is 7.29. The van der Waals surface area contributed by atoms with Crippen LogP contribution in [-0.4, -0.2) is 0 Å². The minimum absolute atomic E-state index is 0. The first-order chi connectivity index (χ1) is 4.13. The molecule has 0 spiro atoms. The van der Waals surface area contributed by atoms with E-state index in [9.17, 15) is 0 Å². The maximum atomic E-state index is 2.29. The molecular weight excluding hydrogens is 180 g/mol. The van der Waals surface area contributed by atoms with Gasteiger partial charge < -0.3 is 0 Å². The van der Waals surface area contributed by atoms with E-state index in [-0.39, 0.29) is 44.6 Å². The zero-order valence-corrected chi connectivity index (χ0v) is 7.28. The van der Waals surface area contributed by atoms with Gasteiger partial charge in [0.1, 0.15) is 0 Å². The average Bonchev–Trinajstić information content (AvgIpc) is 1.63. The zero-order chi connectivity index (χ0) is 7.28. The van der Waals surface area contributed by atoms with E-state index in [1.807, 2.05) is 0 Å². The van der Waals surface area contributed by atoms with E-state index in [0.29, 0.717) is 0 Å². The number of hydrogen-bond donors (Lipinski definition) is 0. The Hall–Kier alpha value is 0. The number of rotatable bonds is 4. The van der Waals surface area contributed by atoms with E-state index in [1.54, 1.807) is 0 Å². The van der Waals surface area contributed by atoms with Crippen LogP contribution in [0.25, 0.3) is 0 Å². The van der Waals surface area contributed by atoms with Gasteiger partial charge in [-0.05, 0) is 11.8 Å². The van der Waals surface area contributed by atoms with E-state index in [4.69, 9.17) is 0 Å². The van der Waals surface area contributed by atoms with Crippen LogP contribution in [0, 0.1) is 11.8 Å². The van der Waals surface area contributed by atoms with Crippen LogP contribution in [-0.2, 0) is 0 Å². The molecule has 0 nitrogen and oxygen atoms in total. The van der Waals surface area contributed by atoms with Crippen LogP contribution in [0.5, 0.6) is 0 Å². The Morgan fingerprint density at radius 1 is 0.533 bits per heavy atom. The highest BCUT2D eigenvalue weighted by Crippen LogP contribution is 2.10. The van der Waals surface area contributed by atoms with Crippen molar-refractivity contribution in [1.82, 2.24) is 0 Å². The maximum absolute atomic E-state index is 2.29. The second-order valence-electron chi connectivity index (χ2n) is 3.72. The van der Waals surface area contributed by atoms with Crippen molar-refractivity contribution in [3.05, 3.63) is 0 Å². The zero-order valence-electron chi connectivity index (χ0n) is 7.28. The van der Waals surface area contributed by atoms with Gasteiger partial charge in [-0.25, -0.2) is 0 Å². The standard InChI is InChI=1S/C9H20.6CH4/c1-8(2)6-5-7-9(3)4;;;;;;/h8-9H,5-7H2,1-4H3;6*1H4. The minimum atomic E-state index is 0. The van der Waals surface area contributed by atoms with Crippen LogP contribution in [0.2, 0.25) is 0 Å². The summed E-state index contributed by atoms with van der Waals surface area (Å²) in [6.07, 6.45) is 4.21. The van der Waals surface area contributed by atoms with Gasteiger partial charge in [0.15, 0.2) is 0 Å². The normalized spacial score (nSPS) is 6.80. The molecule has 0 unspecified atom stereocenters. The van der Waals surface area contributed by atoms with Crippen molar-refractivity contribution in [3.8, 4) is 0 Å². The lowest BCUT2D eigenvalue weighted by Gasteiger charge is -2.05. The smallest absolute Gasteiger partial charge is 0.0471 e. The second kappa shape index (κ2) is 29.2. The van der Waals surface area contributed by atoms with Gasteiger partial charge in [0, 0.05) is 0 Å². The van der Waals surface area contributed by atoms with Crippen LogP contribution < -0.4 is 0 Å². The van der Waals surface area contributed by atoms with Gasteiger partial charge in [-0.2, -0.15) is 0 Å². The van der Waals surface area contributed by atoms with Crippen molar-refractivity contribution >= 4 is 0 Å². The van der Waals surface area contributed by atoms with Crippen LogP contribution >= 0.6 is 0 Å². The third-order valence-electron chi connectivity index (χ3n) is 1.56. The molecule has 0 bridgehead atoms. The topological polar surface area (TPSA) is 0 Å². The Balaban J connectivity index is -0.0000000213. The first-order valence-corrected chi connectivity index (χ1v) is 4.13.